The molecule has 1 saturated carbocycles. The summed E-state index contributed by atoms with van der Waals surface area (Å²) in [6, 6.07) is 8.65. The Hall–Kier alpha value is -1.35. The zero-order valence-corrected chi connectivity index (χ0v) is 12.9. The highest BCUT2D eigenvalue weighted by atomic mass is 32.1. The molecule has 0 atom stereocenters. The van der Waals surface area contributed by atoms with Crippen LogP contribution in [-0.4, -0.2) is 4.98 Å². The fourth-order valence-corrected chi connectivity index (χ4v) is 4.00. The molecule has 0 spiro atoms. The van der Waals surface area contributed by atoms with Crippen molar-refractivity contribution >= 4 is 16.3 Å². The number of benzene rings is 1. The fourth-order valence-electron chi connectivity index (χ4n) is 2.98. The second-order valence-electron chi connectivity index (χ2n) is 5.65. The standard InChI is InChI=1S/C17H22N2S/c1-2-12-8-10-13(11-9-12)15-16(18)20-17(19-15)14-6-4-3-5-7-14/h8-11,14H,2-7,18H2,1H3. The molecule has 0 amide bonds. The predicted octanol–water partition coefficient (Wildman–Crippen LogP) is 5.00. The monoisotopic (exact) mass is 286 g/mol. The molecule has 2 N–H and O–H groups in total. The van der Waals surface area contributed by atoms with Crippen LogP contribution in [0.25, 0.3) is 11.3 Å². The smallest absolute Gasteiger partial charge is 0.114 e. The first-order chi connectivity index (χ1) is 9.78. The van der Waals surface area contributed by atoms with Crippen molar-refractivity contribution in [3.63, 3.8) is 0 Å². The van der Waals surface area contributed by atoms with Gasteiger partial charge in [0.25, 0.3) is 0 Å². The van der Waals surface area contributed by atoms with Crippen molar-refractivity contribution in [2.24, 2.45) is 0 Å². The highest BCUT2D eigenvalue weighted by Crippen LogP contribution is 2.39. The summed E-state index contributed by atoms with van der Waals surface area (Å²) in [6.07, 6.45) is 7.68. The van der Waals surface area contributed by atoms with Crippen molar-refractivity contribution in [3.8, 4) is 11.3 Å². The minimum Gasteiger partial charge on any atom is -0.389 e. The summed E-state index contributed by atoms with van der Waals surface area (Å²) >= 11 is 1.69. The van der Waals surface area contributed by atoms with Crippen LogP contribution in [0.1, 0.15) is 55.5 Å². The van der Waals surface area contributed by atoms with E-state index in [1.165, 1.54) is 42.7 Å². The van der Waals surface area contributed by atoms with Gasteiger partial charge >= 0.3 is 0 Å². The Bertz CT molecular complexity index is 565. The van der Waals surface area contributed by atoms with Crippen LogP contribution in [0.2, 0.25) is 0 Å². The minimum absolute atomic E-state index is 0.639. The predicted molar refractivity (Wildman–Crippen MR) is 87.2 cm³/mol. The molecule has 1 aliphatic rings. The Morgan fingerprint density at radius 2 is 1.85 bits per heavy atom. The number of rotatable bonds is 3. The number of hydrogen-bond donors (Lipinski definition) is 1. The van der Waals surface area contributed by atoms with Crippen LogP contribution in [0.3, 0.4) is 0 Å². The van der Waals surface area contributed by atoms with E-state index in [1.54, 1.807) is 11.3 Å². The van der Waals surface area contributed by atoms with E-state index in [-0.39, 0.29) is 0 Å². The first-order valence-electron chi connectivity index (χ1n) is 7.63. The number of aryl methyl sites for hydroxylation is 1. The first kappa shape index (κ1) is 13.6. The maximum absolute atomic E-state index is 6.21. The lowest BCUT2D eigenvalue weighted by molar-refractivity contribution is 0.442. The Morgan fingerprint density at radius 3 is 2.50 bits per heavy atom. The van der Waals surface area contributed by atoms with Gasteiger partial charge in [-0.2, -0.15) is 0 Å². The molecule has 2 aromatic rings. The van der Waals surface area contributed by atoms with Crippen molar-refractivity contribution in [1.82, 2.24) is 4.98 Å². The summed E-state index contributed by atoms with van der Waals surface area (Å²) < 4.78 is 0. The van der Waals surface area contributed by atoms with Gasteiger partial charge in [0.1, 0.15) is 10.7 Å². The molecule has 0 radical (unpaired) electrons. The molecule has 20 heavy (non-hydrogen) atoms. The SMILES string of the molecule is CCc1ccc(-c2nc(C3CCCCC3)sc2N)cc1. The van der Waals surface area contributed by atoms with E-state index in [1.807, 2.05) is 0 Å². The maximum Gasteiger partial charge on any atom is 0.114 e. The van der Waals surface area contributed by atoms with E-state index in [4.69, 9.17) is 10.7 Å². The maximum atomic E-state index is 6.21. The zero-order valence-electron chi connectivity index (χ0n) is 12.1. The number of hydrogen-bond acceptors (Lipinski definition) is 3. The number of nitrogens with zero attached hydrogens (tertiary/aromatic N) is 1. The molecule has 1 fully saturated rings. The van der Waals surface area contributed by atoms with Crippen LogP contribution >= 0.6 is 11.3 Å². The molecule has 3 heteroatoms. The molecular formula is C17H22N2S. The van der Waals surface area contributed by atoms with Gasteiger partial charge in [-0.15, -0.1) is 11.3 Å². The third kappa shape index (κ3) is 2.73. The average Bonchev–Trinajstić information content (AvgIpc) is 2.90. The first-order valence-corrected chi connectivity index (χ1v) is 8.45. The lowest BCUT2D eigenvalue weighted by Gasteiger charge is -2.18. The van der Waals surface area contributed by atoms with E-state index in [0.29, 0.717) is 5.92 Å². The van der Waals surface area contributed by atoms with Gasteiger partial charge in [-0.3, -0.25) is 0 Å². The van der Waals surface area contributed by atoms with Crippen LogP contribution in [0, 0.1) is 0 Å². The van der Waals surface area contributed by atoms with Gasteiger partial charge in [-0.1, -0.05) is 50.5 Å². The summed E-state index contributed by atoms with van der Waals surface area (Å²) in [6.45, 7) is 2.17. The van der Waals surface area contributed by atoms with Crippen molar-refractivity contribution in [2.75, 3.05) is 5.73 Å². The number of thiazole rings is 1. The largest absolute Gasteiger partial charge is 0.389 e. The van der Waals surface area contributed by atoms with Crippen LogP contribution < -0.4 is 5.73 Å². The Kier molecular flexibility index (Phi) is 4.06. The van der Waals surface area contributed by atoms with Crippen molar-refractivity contribution in [2.45, 2.75) is 51.4 Å². The molecule has 2 nitrogen and oxygen atoms in total. The fraction of sp³-hybridized carbons (Fsp3) is 0.471. The van der Waals surface area contributed by atoms with E-state index < -0.39 is 0 Å². The minimum atomic E-state index is 0.639. The molecule has 1 aliphatic carbocycles. The van der Waals surface area contributed by atoms with Crippen molar-refractivity contribution < 1.29 is 0 Å². The second kappa shape index (κ2) is 5.96. The van der Waals surface area contributed by atoms with Gasteiger partial charge in [0.05, 0.1) is 5.01 Å². The van der Waals surface area contributed by atoms with Crippen LogP contribution in [-0.2, 0) is 6.42 Å². The third-order valence-corrected chi connectivity index (χ3v) is 5.31. The molecule has 0 unspecified atom stereocenters. The average molecular weight is 286 g/mol. The number of nitrogen functional groups attached to an aromatic ring is 1. The van der Waals surface area contributed by atoms with Gasteiger partial charge in [0.15, 0.2) is 0 Å². The number of nitrogens with two attached hydrogens (primary N) is 1. The van der Waals surface area contributed by atoms with Gasteiger partial charge in [0.2, 0.25) is 0 Å². The molecule has 0 saturated heterocycles. The summed E-state index contributed by atoms with van der Waals surface area (Å²) in [5.74, 6) is 0.639. The molecule has 1 aromatic heterocycles. The molecule has 0 aliphatic heterocycles. The topological polar surface area (TPSA) is 38.9 Å². The molecule has 1 heterocycles. The third-order valence-electron chi connectivity index (χ3n) is 4.26. The number of anilines is 1. The molecule has 3 rings (SSSR count). The summed E-state index contributed by atoms with van der Waals surface area (Å²) in [5, 5.41) is 2.12. The summed E-state index contributed by atoms with van der Waals surface area (Å²) in [7, 11) is 0. The lowest BCUT2D eigenvalue weighted by atomic mass is 9.90. The summed E-state index contributed by atoms with van der Waals surface area (Å²) in [4.78, 5) is 4.85. The van der Waals surface area contributed by atoms with Crippen molar-refractivity contribution in [3.05, 3.63) is 34.8 Å². The zero-order chi connectivity index (χ0) is 13.9. The van der Waals surface area contributed by atoms with Crippen molar-refractivity contribution in [1.29, 1.82) is 0 Å². The summed E-state index contributed by atoms with van der Waals surface area (Å²) in [5.41, 5.74) is 9.70. The van der Waals surface area contributed by atoms with Gasteiger partial charge in [-0.25, -0.2) is 4.98 Å². The van der Waals surface area contributed by atoms with Gasteiger partial charge in [-0.05, 0) is 24.8 Å². The second-order valence-corrected chi connectivity index (χ2v) is 6.71. The van der Waals surface area contributed by atoms with E-state index >= 15 is 0 Å². The van der Waals surface area contributed by atoms with E-state index in [2.05, 4.69) is 31.2 Å². The molecular weight excluding hydrogens is 264 g/mol. The molecule has 0 bridgehead atoms. The van der Waals surface area contributed by atoms with Crippen LogP contribution in [0.5, 0.6) is 0 Å². The van der Waals surface area contributed by atoms with Crippen LogP contribution in [0.15, 0.2) is 24.3 Å². The van der Waals surface area contributed by atoms with Gasteiger partial charge < -0.3 is 5.73 Å². The number of aromatic nitrogens is 1. The van der Waals surface area contributed by atoms with Gasteiger partial charge in [0, 0.05) is 11.5 Å². The molecule has 106 valence electrons. The Morgan fingerprint density at radius 1 is 1.15 bits per heavy atom. The quantitative estimate of drug-likeness (QED) is 0.862. The van der Waals surface area contributed by atoms with Crippen LogP contribution in [0.4, 0.5) is 5.00 Å². The lowest BCUT2D eigenvalue weighted by Crippen LogP contribution is -2.03. The Labute approximate surface area is 125 Å². The van der Waals surface area contributed by atoms with E-state index in [9.17, 15) is 0 Å². The molecule has 1 aromatic carbocycles. The normalized spacial score (nSPS) is 16.4. The highest BCUT2D eigenvalue weighted by Gasteiger charge is 2.21. The highest BCUT2D eigenvalue weighted by molar-refractivity contribution is 7.16. The Balaban J connectivity index is 1.87. The van der Waals surface area contributed by atoms with E-state index in [0.717, 1.165) is 22.7 Å².